The molecule has 0 unspecified atom stereocenters. The third-order valence-corrected chi connectivity index (χ3v) is 12.0. The number of nitrogens with zero attached hydrogens (tertiary/aromatic N) is 5. The molecule has 6 nitrogen and oxygen atoms in total. The molecule has 60 heavy (non-hydrogen) atoms. The minimum absolute atomic E-state index is 0. The van der Waals surface area contributed by atoms with Gasteiger partial charge >= 0.3 is 21.1 Å². The summed E-state index contributed by atoms with van der Waals surface area (Å²) in [6.45, 7) is 18.1. The molecule has 0 fully saturated rings. The molecule has 300 valence electrons. The second-order valence-electron chi connectivity index (χ2n) is 17.1. The van der Waals surface area contributed by atoms with Crippen LogP contribution in [0.2, 0.25) is 0 Å². The molecule has 5 heterocycles. The molecule has 10 rings (SSSR count). The van der Waals surface area contributed by atoms with Crippen LogP contribution in [0.1, 0.15) is 101 Å². The molecular weight excluding hydrogens is 918 g/mol. The van der Waals surface area contributed by atoms with Crippen molar-refractivity contribution >= 4 is 54.8 Å². The van der Waals surface area contributed by atoms with Crippen LogP contribution in [-0.4, -0.2) is 23.8 Å². The van der Waals surface area contributed by atoms with E-state index in [-0.39, 0.29) is 21.1 Å². The Bertz CT molecular complexity index is 3010. The van der Waals surface area contributed by atoms with E-state index in [1.807, 2.05) is 36.9 Å². The first-order valence-electron chi connectivity index (χ1n) is 20.9. The van der Waals surface area contributed by atoms with E-state index >= 15 is 0 Å². The SMILES string of the molecule is CC(C)c1cccc(C(C)C)c1-c1ccc2c3ccc(Oc4[c-]c5c(cc4)c4ccc(-c6c(C(C)C)cccc6C(C)C)nc4n4ccnc54)[c-]c3c3nccn3c2c1.[Pt+2]. The molecule has 0 saturated carbocycles. The van der Waals surface area contributed by atoms with Gasteiger partial charge in [-0.2, -0.15) is 0 Å². The number of ether oxygens (including phenoxy) is 1. The van der Waals surface area contributed by atoms with Gasteiger partial charge in [0.25, 0.3) is 0 Å². The van der Waals surface area contributed by atoms with Gasteiger partial charge in [0.1, 0.15) is 5.65 Å². The Morgan fingerprint density at radius 1 is 0.500 bits per heavy atom. The maximum Gasteiger partial charge on any atom is 2.00 e. The van der Waals surface area contributed by atoms with Crippen molar-refractivity contribution in [1.82, 2.24) is 23.8 Å². The van der Waals surface area contributed by atoms with Crippen molar-refractivity contribution < 1.29 is 25.8 Å². The van der Waals surface area contributed by atoms with Gasteiger partial charge in [-0.15, -0.1) is 12.1 Å². The van der Waals surface area contributed by atoms with Crippen molar-refractivity contribution in [3.8, 4) is 33.9 Å². The molecule has 0 aliphatic heterocycles. The Morgan fingerprint density at radius 3 is 1.55 bits per heavy atom. The molecule has 7 heteroatoms. The first-order valence-corrected chi connectivity index (χ1v) is 20.9. The molecule has 0 radical (unpaired) electrons. The average Bonchev–Trinajstić information content (AvgIpc) is 3.95. The maximum atomic E-state index is 6.56. The summed E-state index contributed by atoms with van der Waals surface area (Å²) in [5.41, 5.74) is 13.7. The second kappa shape index (κ2) is 15.3. The second-order valence-corrected chi connectivity index (χ2v) is 17.1. The zero-order chi connectivity index (χ0) is 40.7. The zero-order valence-electron chi connectivity index (χ0n) is 35.2. The monoisotopic (exact) mass is 964 g/mol. The molecule has 0 spiro atoms. The average molecular weight is 965 g/mol. The van der Waals surface area contributed by atoms with Crippen LogP contribution in [0.3, 0.4) is 0 Å². The van der Waals surface area contributed by atoms with E-state index in [0.717, 1.165) is 60.5 Å². The Hall–Kier alpha value is -5.84. The molecule has 0 bridgehead atoms. The molecule has 5 aromatic heterocycles. The number of pyridine rings is 3. The number of benzene rings is 5. The predicted octanol–water partition coefficient (Wildman–Crippen LogP) is 14.2. The Balaban J connectivity index is 0.00000462. The maximum absolute atomic E-state index is 6.56. The molecule has 0 amide bonds. The van der Waals surface area contributed by atoms with Crippen LogP contribution in [-0.2, 0) is 21.1 Å². The van der Waals surface area contributed by atoms with Gasteiger partial charge in [0.2, 0.25) is 0 Å². The summed E-state index contributed by atoms with van der Waals surface area (Å²) >= 11 is 0. The number of rotatable bonds is 8. The summed E-state index contributed by atoms with van der Waals surface area (Å²) in [7, 11) is 0. The minimum atomic E-state index is 0. The van der Waals surface area contributed by atoms with Crippen LogP contribution < -0.4 is 4.74 Å². The van der Waals surface area contributed by atoms with E-state index in [1.165, 1.54) is 38.9 Å². The summed E-state index contributed by atoms with van der Waals surface area (Å²) in [6.07, 6.45) is 7.73. The third-order valence-electron chi connectivity index (χ3n) is 12.0. The fourth-order valence-electron chi connectivity index (χ4n) is 9.16. The molecule has 0 N–H and O–H groups in total. The topological polar surface area (TPSA) is 56.7 Å². The van der Waals surface area contributed by atoms with Crippen molar-refractivity contribution in [2.24, 2.45) is 0 Å². The number of fused-ring (bicyclic) bond motifs is 12. The van der Waals surface area contributed by atoms with E-state index in [2.05, 4.69) is 155 Å². The Morgan fingerprint density at radius 2 is 0.983 bits per heavy atom. The predicted molar refractivity (Wildman–Crippen MR) is 243 cm³/mol. The van der Waals surface area contributed by atoms with Crippen molar-refractivity contribution in [3.05, 3.63) is 150 Å². The van der Waals surface area contributed by atoms with Crippen LogP contribution >= 0.6 is 0 Å². The van der Waals surface area contributed by atoms with Crippen LogP contribution in [0, 0.1) is 12.1 Å². The van der Waals surface area contributed by atoms with Gasteiger partial charge < -0.3 is 13.5 Å². The molecule has 5 aromatic carbocycles. The van der Waals surface area contributed by atoms with E-state index in [4.69, 9.17) is 19.7 Å². The summed E-state index contributed by atoms with van der Waals surface area (Å²) in [5.74, 6) is 2.73. The summed E-state index contributed by atoms with van der Waals surface area (Å²) in [5, 5.41) is 6.05. The molecule has 0 saturated heterocycles. The zero-order valence-corrected chi connectivity index (χ0v) is 37.5. The summed E-state index contributed by atoms with van der Waals surface area (Å²) in [4.78, 5) is 15.0. The van der Waals surface area contributed by atoms with Crippen LogP contribution in [0.5, 0.6) is 11.5 Å². The van der Waals surface area contributed by atoms with Gasteiger partial charge in [-0.25, -0.2) is 4.98 Å². The molecular formula is C53H47N5OPt. The van der Waals surface area contributed by atoms with Gasteiger partial charge in [0.05, 0.1) is 17.0 Å². The van der Waals surface area contributed by atoms with Gasteiger partial charge in [-0.1, -0.05) is 156 Å². The Kier molecular flexibility index (Phi) is 10.1. The summed E-state index contributed by atoms with van der Waals surface area (Å²) in [6, 6.07) is 40.0. The molecule has 0 aliphatic carbocycles. The van der Waals surface area contributed by atoms with Crippen molar-refractivity contribution in [2.75, 3.05) is 0 Å². The Labute approximate surface area is 365 Å². The normalized spacial score (nSPS) is 12.1. The molecule has 0 atom stereocenters. The number of hydrogen-bond donors (Lipinski definition) is 0. The van der Waals surface area contributed by atoms with E-state index in [9.17, 15) is 0 Å². The van der Waals surface area contributed by atoms with Crippen LogP contribution in [0.15, 0.2) is 116 Å². The van der Waals surface area contributed by atoms with Crippen molar-refractivity contribution in [1.29, 1.82) is 0 Å². The minimum Gasteiger partial charge on any atom is -0.497 e. The quantitative estimate of drug-likeness (QED) is 0.112. The third kappa shape index (κ3) is 6.39. The fourth-order valence-corrected chi connectivity index (χ4v) is 9.16. The molecule has 0 aliphatic rings. The van der Waals surface area contributed by atoms with Crippen molar-refractivity contribution in [3.63, 3.8) is 0 Å². The first kappa shape index (κ1) is 39.6. The fraction of sp³-hybridized carbons (Fsp3) is 0.226. The number of aromatic nitrogens is 5. The smallest absolute Gasteiger partial charge is 0.497 e. The van der Waals surface area contributed by atoms with E-state index in [0.29, 0.717) is 35.2 Å². The van der Waals surface area contributed by atoms with E-state index < -0.39 is 0 Å². The summed E-state index contributed by atoms with van der Waals surface area (Å²) < 4.78 is 10.8. The first-order chi connectivity index (χ1) is 28.6. The standard InChI is InChI=1S/C53H47N5O.Pt/c1-30(2)37-11-9-12-38(31(3)4)49(37)34-15-18-43-41-19-16-35(28-45(41)51-54-23-25-57(51)48(43)27-34)59-36-17-20-42-44-21-22-47(50-39(32(5)6)13-10-14-40(50)33(7)8)56-53(44)58-26-24-55-52(58)46(42)29-36;/h9-27,30-33H,1-8H3;/q-2;+2. The van der Waals surface area contributed by atoms with Gasteiger partial charge in [-0.05, 0) is 80.0 Å². The molecule has 10 aromatic rings. The van der Waals surface area contributed by atoms with Crippen LogP contribution in [0.4, 0.5) is 0 Å². The number of hydrogen-bond acceptors (Lipinski definition) is 4. The van der Waals surface area contributed by atoms with E-state index in [1.54, 1.807) is 0 Å². The van der Waals surface area contributed by atoms with Gasteiger partial charge in [-0.3, -0.25) is 9.97 Å². The van der Waals surface area contributed by atoms with Crippen LogP contribution in [0.25, 0.3) is 77.2 Å². The van der Waals surface area contributed by atoms with Crippen molar-refractivity contribution in [2.45, 2.75) is 79.1 Å². The van der Waals surface area contributed by atoms with Gasteiger partial charge in [0, 0.05) is 47.4 Å². The largest absolute Gasteiger partial charge is 2.00 e. The number of imidazole rings is 2. The van der Waals surface area contributed by atoms with Gasteiger partial charge in [0.15, 0.2) is 0 Å².